The second-order valence-corrected chi connectivity index (χ2v) is 32.7. The van der Waals surface area contributed by atoms with Crippen LogP contribution >= 0.6 is 21.6 Å². The van der Waals surface area contributed by atoms with Crippen LogP contribution in [0.4, 0.5) is 132 Å². The van der Waals surface area contributed by atoms with Gasteiger partial charge in [-0.1, -0.05) is 45.9 Å². The van der Waals surface area contributed by atoms with Crippen LogP contribution in [0.1, 0.15) is 66.3 Å². The zero-order valence-corrected chi connectivity index (χ0v) is 69.1. The van der Waals surface area contributed by atoms with Crippen molar-refractivity contribution in [3.8, 4) is 89.0 Å². The van der Waals surface area contributed by atoms with Crippen molar-refractivity contribution in [2.24, 2.45) is 0 Å². The zero-order valence-electron chi connectivity index (χ0n) is 67.4. The standard InChI is InChI=1S/C94H38F30N10O2S2/c95-63-57(64(96)76(108)87(119)75(63)107)51-37-13-9-33(127-37)49(34-10-14-38(128-34)52(58-65(97)77(109)88(120)78(110)66(58)98)42-18-22-46(132-42)55(45-21-17-41(51)131-45)61-71(103)83(115)91(123)84(116)72(61)104)29-1-5-31(6-2-29)93(135)125-25-27-137-138-28-26-126-94(136)32-7-3-30(4-8-32)50-35-11-15-39(129-35)53(59-67(99)79(111)89(121)80(112)68(59)100)43-19-23-47(133-43)56(62-73(105)85(117)92(124)86(118)74(62)106)48-24-20-44(134-48)54(40-16-12-36(50)130-40)60-69(101)81(113)90(122)82(114)70(60)102/h1-24,127,129,132,134H,25-28H2,(H,125,135)(H,126,136). The number of H-pyrrole nitrogens is 4. The fourth-order valence-electron chi connectivity index (χ4n) is 15.9. The second kappa shape index (κ2) is 35.6. The van der Waals surface area contributed by atoms with E-state index in [1.807, 2.05) is 0 Å². The third-order valence-electron chi connectivity index (χ3n) is 22.2. The van der Waals surface area contributed by atoms with E-state index in [1.165, 1.54) is 70.1 Å². The number of halogens is 30. The normalized spacial score (nSPS) is 12.2. The molecule has 18 rings (SSSR count). The summed E-state index contributed by atoms with van der Waals surface area (Å²) in [5.74, 6) is -77.8. The molecule has 6 aromatic heterocycles. The van der Waals surface area contributed by atoms with Crippen molar-refractivity contribution in [2.45, 2.75) is 0 Å². The Morgan fingerprint density at radius 1 is 0.196 bits per heavy atom. The van der Waals surface area contributed by atoms with E-state index < -0.39 is 320 Å². The Balaban J connectivity index is 0.637. The topological polar surface area (TPSA) is 173 Å². The van der Waals surface area contributed by atoms with Crippen molar-refractivity contribution in [1.29, 1.82) is 0 Å². The number of benzene rings is 8. The largest absolute Gasteiger partial charge is 0.354 e. The number of aromatic amines is 4. The predicted octanol–water partition coefficient (Wildman–Crippen LogP) is 26.7. The van der Waals surface area contributed by atoms with E-state index in [-0.39, 0.29) is 80.4 Å². The van der Waals surface area contributed by atoms with Crippen LogP contribution in [0.3, 0.4) is 0 Å². The fourth-order valence-corrected chi connectivity index (χ4v) is 17.7. The average molecular weight is 1970 g/mol. The molecule has 12 nitrogen and oxygen atoms in total. The highest BCUT2D eigenvalue weighted by molar-refractivity contribution is 8.76. The molecule has 0 unspecified atom stereocenters. The van der Waals surface area contributed by atoms with Gasteiger partial charge in [0.1, 0.15) is 0 Å². The number of hydrogen-bond acceptors (Lipinski definition) is 8. The molecular formula is C94H38F30N10O2S2. The van der Waals surface area contributed by atoms with Gasteiger partial charge >= 0.3 is 0 Å². The summed E-state index contributed by atoms with van der Waals surface area (Å²) in [6, 6.07) is 17.2. The van der Waals surface area contributed by atoms with Gasteiger partial charge in [-0.3, -0.25) is 9.59 Å². The fraction of sp³-hybridized carbons (Fsp3) is 0.0426. The van der Waals surface area contributed by atoms with Gasteiger partial charge in [-0.25, -0.2) is 152 Å². The van der Waals surface area contributed by atoms with E-state index in [0.29, 0.717) is 12.2 Å². The summed E-state index contributed by atoms with van der Waals surface area (Å²) in [6.45, 7) is -0.107. The van der Waals surface area contributed by atoms with Gasteiger partial charge in [0.15, 0.2) is 140 Å². The first kappa shape index (κ1) is 92.9. The molecule has 2 amide bonds. The summed E-state index contributed by atoms with van der Waals surface area (Å²) in [7, 11) is 2.38. The monoisotopic (exact) mass is 1970 g/mol. The molecule has 0 saturated heterocycles. The van der Waals surface area contributed by atoms with Crippen molar-refractivity contribution in [2.75, 3.05) is 24.6 Å². The molecule has 14 aromatic rings. The Kier molecular flexibility index (Phi) is 24.0. The van der Waals surface area contributed by atoms with Crippen LogP contribution in [0.2, 0.25) is 0 Å². The highest BCUT2D eigenvalue weighted by Crippen LogP contribution is 2.49. The summed E-state index contributed by atoms with van der Waals surface area (Å²) in [5, 5.41) is 5.35. The minimum atomic E-state index is -2.70. The molecule has 0 saturated carbocycles. The van der Waals surface area contributed by atoms with E-state index in [9.17, 15) is 35.9 Å². The van der Waals surface area contributed by atoms with Gasteiger partial charge in [0.2, 0.25) is 34.9 Å². The first-order chi connectivity index (χ1) is 65.8. The van der Waals surface area contributed by atoms with Crippen LogP contribution in [-0.4, -0.2) is 76.3 Å². The molecule has 6 N–H and O–H groups in total. The Labute approximate surface area is 756 Å². The number of aromatic nitrogens is 8. The van der Waals surface area contributed by atoms with Gasteiger partial charge in [0, 0.05) is 124 Å². The van der Waals surface area contributed by atoms with Gasteiger partial charge in [-0.15, -0.1) is 0 Å². The molecule has 0 radical (unpaired) electrons. The third kappa shape index (κ3) is 15.3. The van der Waals surface area contributed by atoms with Crippen molar-refractivity contribution >= 4 is 126 Å². The molecule has 4 aliphatic heterocycles. The zero-order chi connectivity index (χ0) is 98.4. The molecule has 0 aliphatic carbocycles. The summed E-state index contributed by atoms with van der Waals surface area (Å²) in [5.41, 5.74) is -28.3. The summed E-state index contributed by atoms with van der Waals surface area (Å²) in [6.07, 6.45) is 6.98. The van der Waals surface area contributed by atoms with E-state index in [2.05, 4.69) is 50.5 Å². The van der Waals surface area contributed by atoms with Gasteiger partial charge in [0.25, 0.3) is 11.8 Å². The number of hydrogen-bond donors (Lipinski definition) is 6. The number of nitrogens with one attached hydrogen (secondary N) is 6. The van der Waals surface area contributed by atoms with Crippen LogP contribution in [0.25, 0.3) is 182 Å². The maximum absolute atomic E-state index is 16.3. The summed E-state index contributed by atoms with van der Waals surface area (Å²) < 4.78 is 468. The molecule has 138 heavy (non-hydrogen) atoms. The van der Waals surface area contributed by atoms with E-state index in [4.69, 9.17) is 0 Å². The minimum Gasteiger partial charge on any atom is -0.354 e. The second-order valence-electron chi connectivity index (χ2n) is 30.0. The average Bonchev–Trinajstić information content (AvgIpc) is 1.60. The van der Waals surface area contributed by atoms with Crippen LogP contribution in [0, 0.1) is 175 Å². The maximum atomic E-state index is 16.3. The smallest absolute Gasteiger partial charge is 0.251 e. The number of carbonyl (C=O) groups is 2. The lowest BCUT2D eigenvalue weighted by Gasteiger charge is -2.11. The predicted molar refractivity (Wildman–Crippen MR) is 450 cm³/mol. The molecule has 0 fully saturated rings. The molecule has 0 spiro atoms. The first-order valence-corrected chi connectivity index (χ1v) is 41.7. The number of carbonyl (C=O) groups excluding carboxylic acids is 2. The first-order valence-electron chi connectivity index (χ1n) is 39.2. The number of nitrogens with zero attached hydrogens (tertiary/aromatic N) is 4. The number of fused-ring (bicyclic) bond motifs is 16. The van der Waals surface area contributed by atoms with Crippen molar-refractivity contribution < 1.29 is 141 Å². The highest BCUT2D eigenvalue weighted by Gasteiger charge is 2.39. The van der Waals surface area contributed by atoms with Crippen LogP contribution in [0.5, 0.6) is 0 Å². The van der Waals surface area contributed by atoms with Gasteiger partial charge < -0.3 is 30.6 Å². The molecular weight excluding hydrogens is 1940 g/mol. The van der Waals surface area contributed by atoms with Gasteiger partial charge in [0.05, 0.1) is 78.9 Å². The Bertz CT molecular complexity index is 7490. The minimum absolute atomic E-state index is 0.00399. The van der Waals surface area contributed by atoms with Crippen LogP contribution in [-0.2, 0) is 0 Å². The lowest BCUT2D eigenvalue weighted by atomic mass is 10.0. The third-order valence-corrected chi connectivity index (χ3v) is 24.6. The molecule has 16 bridgehead atoms. The molecule has 10 heterocycles. The Morgan fingerprint density at radius 3 is 0.507 bits per heavy atom. The molecule has 0 atom stereocenters. The van der Waals surface area contributed by atoms with Crippen LogP contribution in [0.15, 0.2) is 97.1 Å². The SMILES string of the molecule is O=C(NCCSSCCNC(=O)c1ccc(-c2c3nc(c(-c4c(F)c(F)c(F)c(F)c4F)c4ccc([nH]4)c(-c4c(F)c(F)c(F)c(F)c4F)c4nc(c(-c5c(F)c(F)c(F)c(F)c5F)c5ccc2[nH]5)C=C4)C=C3)cc1)c1ccc(-c2c3nc(c(-c4c(F)c(F)c(F)c(F)c4F)c4ccc([nH]4)c(-c4c(F)c(F)c(F)c(F)c4F)c4nc(c(-c5c(F)c(F)c(F)c(F)c5F)c5ccc2[nH]5)C=C4)C=C3)cc1. The molecule has 8 aromatic carbocycles. The van der Waals surface area contributed by atoms with Gasteiger partial charge in [-0.2, -0.15) is 0 Å². The lowest BCUT2D eigenvalue weighted by molar-refractivity contribution is 0.0948. The maximum Gasteiger partial charge on any atom is 0.251 e. The van der Waals surface area contributed by atoms with E-state index in [0.717, 1.165) is 85.0 Å². The lowest BCUT2D eigenvalue weighted by Crippen LogP contribution is -2.26. The Hall–Kier alpha value is -15.5. The van der Waals surface area contributed by atoms with Gasteiger partial charge in [-0.05, 0) is 133 Å². The van der Waals surface area contributed by atoms with E-state index in [1.54, 1.807) is 0 Å². The van der Waals surface area contributed by atoms with Crippen LogP contribution < -0.4 is 10.6 Å². The van der Waals surface area contributed by atoms with Crippen molar-refractivity contribution in [3.05, 3.63) is 328 Å². The van der Waals surface area contributed by atoms with Crippen molar-refractivity contribution in [1.82, 2.24) is 50.5 Å². The quantitative estimate of drug-likeness (QED) is 0.0172. The Morgan fingerprint density at radius 2 is 0.341 bits per heavy atom. The van der Waals surface area contributed by atoms with Crippen molar-refractivity contribution in [3.63, 3.8) is 0 Å². The van der Waals surface area contributed by atoms with E-state index >= 15 is 105 Å². The number of amides is 2. The molecule has 698 valence electrons. The molecule has 4 aliphatic rings. The summed E-state index contributed by atoms with van der Waals surface area (Å²) in [4.78, 5) is 55.2. The molecule has 44 heteroatoms. The summed E-state index contributed by atoms with van der Waals surface area (Å²) >= 11 is 0. The number of rotatable bonds is 17. The highest BCUT2D eigenvalue weighted by atomic mass is 33.1.